The van der Waals surface area contributed by atoms with Gasteiger partial charge in [0.25, 0.3) is 0 Å². The van der Waals surface area contributed by atoms with Crippen LogP contribution < -0.4 is 0 Å². The molecule has 0 rings (SSSR count). The molecule has 0 atom stereocenters. The van der Waals surface area contributed by atoms with Crippen molar-refractivity contribution in [2.45, 2.75) is 0 Å². The topological polar surface area (TPSA) is 0 Å². The Balaban J connectivity index is -0.00000000500. The van der Waals surface area contributed by atoms with E-state index in [1.165, 1.54) is 0 Å². The first kappa shape index (κ1) is 16.4. The molecule has 4 heteroatoms. The van der Waals surface area contributed by atoms with Gasteiger partial charge in [0.1, 0.15) is 0 Å². The van der Waals surface area contributed by atoms with Crippen LogP contribution in [0.25, 0.3) is 0 Å². The number of hydrogen-bond donors (Lipinski definition) is 0. The van der Waals surface area contributed by atoms with Gasteiger partial charge in [-0.3, -0.25) is 0 Å². The van der Waals surface area contributed by atoms with E-state index in [1.807, 2.05) is 0 Å². The Morgan fingerprint density at radius 3 is 1.25 bits per heavy atom. The molecule has 0 bridgehead atoms. The summed E-state index contributed by atoms with van der Waals surface area (Å²) in [6.07, 6.45) is 0. The van der Waals surface area contributed by atoms with E-state index >= 15 is 0 Å². The van der Waals surface area contributed by atoms with Crippen LogP contribution in [0.4, 0.5) is 3.09 Å². The molecule has 0 unspecified atom stereocenters. The number of hydrogen-bond acceptors (Lipinski definition) is 0. The molecule has 0 aromatic carbocycles. The zero-order chi connectivity index (χ0) is 2.00. The second-order valence-electron chi connectivity index (χ2n) is 0. The van der Waals surface area contributed by atoms with Crippen LogP contribution in [0, 0.1) is 0 Å². The van der Waals surface area contributed by atoms with E-state index in [0.717, 1.165) is 0 Å². The molecular formula is H4AlFNaTi. The van der Waals surface area contributed by atoms with Crippen LogP contribution in [0.3, 0.4) is 0 Å². The van der Waals surface area contributed by atoms with E-state index < -0.39 is 0 Å². The molecule has 0 N–H and O–H groups in total. The van der Waals surface area contributed by atoms with Gasteiger partial charge in [-0.25, -0.2) is 0 Å². The van der Waals surface area contributed by atoms with Crippen LogP contribution in [-0.2, 0) is 21.0 Å². The molecule has 19 valence electrons. The summed E-state index contributed by atoms with van der Waals surface area (Å²) < 4.78 is 9.50. The quantitative estimate of drug-likeness (QED) is 0.345. The summed E-state index contributed by atoms with van der Waals surface area (Å²) >= 11 is 0.500. The molecule has 0 aliphatic carbocycles. The molecule has 0 amide bonds. The fourth-order valence-electron chi connectivity index (χ4n) is 0. The molecule has 0 radical (unpaired) electrons. The Labute approximate surface area is 70.0 Å². The third-order valence-electron chi connectivity index (χ3n) is 0. The number of halogens is 1. The summed E-state index contributed by atoms with van der Waals surface area (Å²) in [4.78, 5) is 0. The predicted molar refractivity (Wildman–Crippen MR) is 18.2 cm³/mol. The van der Waals surface area contributed by atoms with Crippen molar-refractivity contribution in [3.8, 4) is 0 Å². The average molecular weight is 121 g/mol. The molecular weight excluding hydrogens is 117 g/mol. The van der Waals surface area contributed by atoms with Crippen LogP contribution in [0.5, 0.6) is 0 Å². The van der Waals surface area contributed by atoms with Crippen molar-refractivity contribution < 1.29 is 24.1 Å². The zero-order valence-corrected chi connectivity index (χ0v) is 2.44. The standard InChI is InChI=1S/Al.FH.Na.Ti.4H/h;1H;;;;;;/q;;;+1;;;;/p-1. The molecule has 0 fully saturated rings. The Hall–Kier alpha value is 2.18. The monoisotopic (exact) mass is 121 g/mol. The van der Waals surface area contributed by atoms with E-state index in [0.29, 0.717) is 21.0 Å². The van der Waals surface area contributed by atoms with E-state index in [9.17, 15) is 3.09 Å². The van der Waals surface area contributed by atoms with Gasteiger partial charge in [-0.1, -0.05) is 0 Å². The molecule has 0 spiro atoms. The van der Waals surface area contributed by atoms with Gasteiger partial charge < -0.3 is 0 Å². The van der Waals surface area contributed by atoms with Crippen LogP contribution in [0.15, 0.2) is 0 Å². The third-order valence-corrected chi connectivity index (χ3v) is 0. The van der Waals surface area contributed by atoms with E-state index in [1.54, 1.807) is 0 Å². The minimum atomic E-state index is 0. The van der Waals surface area contributed by atoms with Gasteiger partial charge >= 0.3 is 53.6 Å². The molecule has 0 heterocycles. The maximum atomic E-state index is 9.50. The Morgan fingerprint density at radius 1 is 1.25 bits per heavy atom. The molecule has 4 heavy (non-hydrogen) atoms. The molecule has 0 aliphatic heterocycles. The summed E-state index contributed by atoms with van der Waals surface area (Å²) in [7, 11) is 0. The Morgan fingerprint density at radius 2 is 1.25 bits per heavy atom. The second kappa shape index (κ2) is 19.1. The van der Waals surface area contributed by atoms with Crippen LogP contribution in [0.2, 0.25) is 0 Å². The van der Waals surface area contributed by atoms with Gasteiger partial charge in [0, 0.05) is 0 Å². The zero-order valence-electron chi connectivity index (χ0n) is 0.878. The molecule has 0 saturated carbocycles. The minimum absolute atomic E-state index is 0. The average Bonchev–Trinajstić information content (AvgIpc) is 1.00. The van der Waals surface area contributed by atoms with Crippen molar-refractivity contribution in [1.82, 2.24) is 0 Å². The molecule has 0 nitrogen and oxygen atoms in total. The first-order chi connectivity index (χ1) is 1.00. The van der Waals surface area contributed by atoms with Crippen molar-refractivity contribution in [3.05, 3.63) is 0 Å². The summed E-state index contributed by atoms with van der Waals surface area (Å²) in [6, 6.07) is 0. The van der Waals surface area contributed by atoms with Gasteiger partial charge in [0.15, 0.2) is 17.4 Å². The van der Waals surface area contributed by atoms with Crippen molar-refractivity contribution in [2.24, 2.45) is 0 Å². The van der Waals surface area contributed by atoms with E-state index in [2.05, 4.69) is 0 Å². The second-order valence-corrected chi connectivity index (χ2v) is 0. The van der Waals surface area contributed by atoms with Gasteiger partial charge in [-0.05, 0) is 0 Å². The van der Waals surface area contributed by atoms with Gasteiger partial charge in [-0.2, -0.15) is 0 Å². The van der Waals surface area contributed by atoms with Gasteiger partial charge in [0.05, 0.1) is 0 Å². The Bertz CT molecular complexity index is 8.00. The molecule has 0 aromatic heterocycles. The third kappa shape index (κ3) is 8.90. The van der Waals surface area contributed by atoms with Gasteiger partial charge in [-0.15, -0.1) is 0 Å². The normalized spacial score (nSPS) is 1.00. The summed E-state index contributed by atoms with van der Waals surface area (Å²) in [6.45, 7) is 0. The fraction of sp³-hybridized carbons (Fsp3) is 0. The summed E-state index contributed by atoms with van der Waals surface area (Å²) in [5.41, 5.74) is 0. The first-order valence-corrected chi connectivity index (χ1v) is 0.779. The Kier molecular flexibility index (Phi) is 78.2. The molecule has 0 saturated heterocycles. The van der Waals surface area contributed by atoms with Crippen LogP contribution >= 0.6 is 0 Å². The fourth-order valence-corrected chi connectivity index (χ4v) is 0. The van der Waals surface area contributed by atoms with E-state index in [4.69, 9.17) is 0 Å². The molecule has 0 aliphatic rings. The van der Waals surface area contributed by atoms with Crippen LogP contribution in [-0.4, -0.2) is 46.9 Å². The first-order valence-electron chi connectivity index (χ1n) is 0.189. The summed E-state index contributed by atoms with van der Waals surface area (Å²) in [5, 5.41) is 0. The van der Waals surface area contributed by atoms with Crippen LogP contribution in [0.1, 0.15) is 0 Å². The van der Waals surface area contributed by atoms with E-state index in [-0.39, 0.29) is 46.9 Å². The maximum absolute atomic E-state index is 9.50. The van der Waals surface area contributed by atoms with Crippen molar-refractivity contribution in [1.29, 1.82) is 0 Å². The van der Waals surface area contributed by atoms with Crippen molar-refractivity contribution in [3.63, 3.8) is 0 Å². The predicted octanol–water partition coefficient (Wildman–Crippen LogP) is -1.41. The molecule has 0 aromatic rings. The summed E-state index contributed by atoms with van der Waals surface area (Å²) in [5.74, 6) is 0. The number of rotatable bonds is 0. The SMILES string of the molecule is [AlH3].[F][Ti].[NaH]. The van der Waals surface area contributed by atoms with Crippen molar-refractivity contribution in [2.75, 3.05) is 0 Å². The van der Waals surface area contributed by atoms with Crippen molar-refractivity contribution >= 4 is 46.9 Å². The van der Waals surface area contributed by atoms with Gasteiger partial charge in [0.2, 0.25) is 0 Å².